The highest BCUT2D eigenvalue weighted by atomic mass is 16.5. The molecule has 0 spiro atoms. The molecule has 1 aliphatic carbocycles. The predicted molar refractivity (Wildman–Crippen MR) is 62.0 cm³/mol. The molecular formula is C12H24N2O. The first-order valence-corrected chi connectivity index (χ1v) is 6.39. The minimum atomic E-state index is 0.428. The minimum absolute atomic E-state index is 0.428. The van der Waals surface area contributed by atoms with Gasteiger partial charge in [-0.15, -0.1) is 0 Å². The fourth-order valence-electron chi connectivity index (χ4n) is 2.96. The van der Waals surface area contributed by atoms with Crippen molar-refractivity contribution in [2.45, 2.75) is 44.2 Å². The Kier molecular flexibility index (Phi) is 4.42. The van der Waals surface area contributed by atoms with Gasteiger partial charge in [-0.2, -0.15) is 0 Å². The van der Waals surface area contributed by atoms with Crippen molar-refractivity contribution in [3.05, 3.63) is 0 Å². The van der Waals surface area contributed by atoms with Crippen LogP contribution < -0.4 is 10.6 Å². The Morgan fingerprint density at radius 3 is 2.80 bits per heavy atom. The van der Waals surface area contributed by atoms with Gasteiger partial charge in [-0.3, -0.25) is 0 Å². The summed E-state index contributed by atoms with van der Waals surface area (Å²) in [7, 11) is 2.10. The molecule has 1 saturated carbocycles. The van der Waals surface area contributed by atoms with E-state index in [0.29, 0.717) is 12.1 Å². The summed E-state index contributed by atoms with van der Waals surface area (Å²) in [6.07, 6.45) is 7.27. The molecule has 0 bridgehead atoms. The van der Waals surface area contributed by atoms with Crippen molar-refractivity contribution in [2.75, 3.05) is 26.7 Å². The van der Waals surface area contributed by atoms with Crippen LogP contribution in [0, 0.1) is 5.92 Å². The summed E-state index contributed by atoms with van der Waals surface area (Å²) in [5.74, 6) is 0.889. The maximum absolute atomic E-state index is 5.77. The zero-order valence-corrected chi connectivity index (χ0v) is 9.80. The summed E-state index contributed by atoms with van der Waals surface area (Å²) in [5.41, 5.74) is 0. The van der Waals surface area contributed by atoms with E-state index in [9.17, 15) is 0 Å². The van der Waals surface area contributed by atoms with Gasteiger partial charge in [-0.05, 0) is 32.2 Å². The zero-order valence-electron chi connectivity index (χ0n) is 9.80. The fourth-order valence-corrected chi connectivity index (χ4v) is 2.96. The van der Waals surface area contributed by atoms with Gasteiger partial charge in [0.2, 0.25) is 0 Å². The lowest BCUT2D eigenvalue weighted by Crippen LogP contribution is -2.44. The molecule has 1 aliphatic heterocycles. The Morgan fingerprint density at radius 1 is 1.40 bits per heavy atom. The first-order chi connectivity index (χ1) is 7.40. The second-order valence-electron chi connectivity index (χ2n) is 4.87. The lowest BCUT2D eigenvalue weighted by molar-refractivity contribution is 0.0137. The van der Waals surface area contributed by atoms with Gasteiger partial charge in [-0.1, -0.05) is 12.8 Å². The third-order valence-electron chi connectivity index (χ3n) is 3.86. The topological polar surface area (TPSA) is 33.3 Å². The van der Waals surface area contributed by atoms with Crippen molar-refractivity contribution < 1.29 is 4.74 Å². The molecule has 0 amide bonds. The molecule has 3 heteroatoms. The van der Waals surface area contributed by atoms with Crippen LogP contribution in [0.2, 0.25) is 0 Å². The largest absolute Gasteiger partial charge is 0.376 e. The molecule has 0 aromatic carbocycles. The van der Waals surface area contributed by atoms with E-state index in [1.165, 1.54) is 32.1 Å². The average Bonchev–Trinajstić information content (AvgIpc) is 2.81. The predicted octanol–water partition coefficient (Wildman–Crippen LogP) is 1.14. The van der Waals surface area contributed by atoms with Crippen LogP contribution in [-0.4, -0.2) is 38.9 Å². The van der Waals surface area contributed by atoms with Crippen LogP contribution in [0.4, 0.5) is 0 Å². The summed E-state index contributed by atoms with van der Waals surface area (Å²) >= 11 is 0. The SMILES string of the molecule is CNC(CC1CNCCO1)C1CCCC1. The van der Waals surface area contributed by atoms with Gasteiger partial charge >= 0.3 is 0 Å². The Balaban J connectivity index is 1.78. The van der Waals surface area contributed by atoms with Crippen molar-refractivity contribution in [1.82, 2.24) is 10.6 Å². The van der Waals surface area contributed by atoms with Gasteiger partial charge in [0.25, 0.3) is 0 Å². The van der Waals surface area contributed by atoms with E-state index in [4.69, 9.17) is 4.74 Å². The Morgan fingerprint density at radius 2 is 2.20 bits per heavy atom. The molecule has 2 fully saturated rings. The Hall–Kier alpha value is -0.120. The monoisotopic (exact) mass is 212 g/mol. The molecule has 88 valence electrons. The Labute approximate surface area is 93.0 Å². The first-order valence-electron chi connectivity index (χ1n) is 6.39. The number of rotatable bonds is 4. The van der Waals surface area contributed by atoms with Crippen molar-refractivity contribution in [1.29, 1.82) is 0 Å². The summed E-state index contributed by atoms with van der Waals surface area (Å²) in [6.45, 7) is 2.93. The van der Waals surface area contributed by atoms with Crippen LogP contribution in [0.3, 0.4) is 0 Å². The molecule has 0 aromatic rings. The van der Waals surface area contributed by atoms with Gasteiger partial charge in [0.1, 0.15) is 0 Å². The highest BCUT2D eigenvalue weighted by Gasteiger charge is 2.27. The van der Waals surface area contributed by atoms with Gasteiger partial charge in [0, 0.05) is 19.1 Å². The van der Waals surface area contributed by atoms with Gasteiger partial charge in [0.05, 0.1) is 12.7 Å². The Bertz CT molecular complexity index is 174. The molecule has 2 N–H and O–H groups in total. The summed E-state index contributed by atoms with van der Waals surface area (Å²) in [6, 6.07) is 0.664. The maximum atomic E-state index is 5.77. The molecule has 2 unspecified atom stereocenters. The molecule has 2 atom stereocenters. The van der Waals surface area contributed by atoms with Gasteiger partial charge in [0.15, 0.2) is 0 Å². The zero-order chi connectivity index (χ0) is 10.5. The molecule has 2 aliphatic rings. The van der Waals surface area contributed by atoms with Crippen molar-refractivity contribution >= 4 is 0 Å². The van der Waals surface area contributed by atoms with Crippen LogP contribution in [0.1, 0.15) is 32.1 Å². The number of nitrogens with one attached hydrogen (secondary N) is 2. The van der Waals surface area contributed by atoms with Gasteiger partial charge < -0.3 is 15.4 Å². The molecule has 0 radical (unpaired) electrons. The number of hydrogen-bond acceptors (Lipinski definition) is 3. The van der Waals surface area contributed by atoms with Crippen LogP contribution in [0.15, 0.2) is 0 Å². The summed E-state index contributed by atoms with van der Waals surface area (Å²) < 4.78 is 5.77. The first kappa shape index (κ1) is 11.4. The molecule has 1 saturated heterocycles. The van der Waals surface area contributed by atoms with E-state index in [-0.39, 0.29) is 0 Å². The lowest BCUT2D eigenvalue weighted by Gasteiger charge is -2.30. The van der Waals surface area contributed by atoms with Crippen molar-refractivity contribution in [2.24, 2.45) is 5.92 Å². The molecule has 3 nitrogen and oxygen atoms in total. The number of morpholine rings is 1. The minimum Gasteiger partial charge on any atom is -0.376 e. The smallest absolute Gasteiger partial charge is 0.0715 e. The van der Waals surface area contributed by atoms with Crippen LogP contribution in [-0.2, 0) is 4.74 Å². The normalized spacial score (nSPS) is 30.6. The van der Waals surface area contributed by atoms with E-state index in [2.05, 4.69) is 17.7 Å². The van der Waals surface area contributed by atoms with E-state index in [1.807, 2.05) is 0 Å². The highest BCUT2D eigenvalue weighted by molar-refractivity contribution is 4.83. The van der Waals surface area contributed by atoms with E-state index < -0.39 is 0 Å². The van der Waals surface area contributed by atoms with E-state index in [1.54, 1.807) is 0 Å². The fraction of sp³-hybridized carbons (Fsp3) is 1.00. The summed E-state index contributed by atoms with van der Waals surface area (Å²) in [4.78, 5) is 0. The summed E-state index contributed by atoms with van der Waals surface area (Å²) in [5, 5.41) is 6.89. The molecule has 2 rings (SSSR count). The molecule has 15 heavy (non-hydrogen) atoms. The molecule has 0 aromatic heterocycles. The van der Waals surface area contributed by atoms with Crippen LogP contribution in [0.5, 0.6) is 0 Å². The number of ether oxygens (including phenoxy) is 1. The van der Waals surface area contributed by atoms with E-state index in [0.717, 1.165) is 25.6 Å². The average molecular weight is 212 g/mol. The van der Waals surface area contributed by atoms with Crippen LogP contribution in [0.25, 0.3) is 0 Å². The second kappa shape index (κ2) is 5.83. The van der Waals surface area contributed by atoms with Gasteiger partial charge in [-0.25, -0.2) is 0 Å². The maximum Gasteiger partial charge on any atom is 0.0715 e. The quantitative estimate of drug-likeness (QED) is 0.733. The van der Waals surface area contributed by atoms with Crippen LogP contribution >= 0.6 is 0 Å². The standard InChI is InChI=1S/C12H24N2O/c1-13-12(10-4-2-3-5-10)8-11-9-14-6-7-15-11/h10-14H,2-9H2,1H3. The lowest BCUT2D eigenvalue weighted by atomic mass is 9.93. The highest BCUT2D eigenvalue weighted by Crippen LogP contribution is 2.29. The molecule has 1 heterocycles. The third kappa shape index (κ3) is 3.16. The van der Waals surface area contributed by atoms with Crippen molar-refractivity contribution in [3.8, 4) is 0 Å². The van der Waals surface area contributed by atoms with E-state index >= 15 is 0 Å². The molecular weight excluding hydrogens is 188 g/mol. The number of hydrogen-bond donors (Lipinski definition) is 2. The third-order valence-corrected chi connectivity index (χ3v) is 3.86. The second-order valence-corrected chi connectivity index (χ2v) is 4.87. The van der Waals surface area contributed by atoms with Crippen molar-refractivity contribution in [3.63, 3.8) is 0 Å².